The standard InChI is InChI=1S/C33H27ClIN3O5/c1-3-41-27-17-16-20(18-28(27)42-4-2)33(40)43-26-15-8-5-10-21(26)19-36-38-32(39)31-29(22-11-6-7-13-24(22)34)23-12-9-14-25(35)30(23)37-31/h5-19,37H,3-4H2,1-2H3,(H,38,39). The van der Waals surface area contributed by atoms with Crippen LogP contribution < -0.4 is 19.6 Å². The Morgan fingerprint density at radius 3 is 2.44 bits per heavy atom. The number of fused-ring (bicyclic) bond motifs is 1. The van der Waals surface area contributed by atoms with Crippen LogP contribution in [0.5, 0.6) is 17.2 Å². The van der Waals surface area contributed by atoms with Crippen LogP contribution in [0, 0.1) is 3.57 Å². The molecule has 0 fully saturated rings. The fourth-order valence-corrected chi connectivity index (χ4v) is 5.39. The molecule has 1 amide bonds. The van der Waals surface area contributed by atoms with Gasteiger partial charge in [-0.2, -0.15) is 5.10 Å². The summed E-state index contributed by atoms with van der Waals surface area (Å²) in [5, 5.41) is 5.56. The first-order chi connectivity index (χ1) is 20.9. The molecule has 0 aliphatic rings. The van der Waals surface area contributed by atoms with E-state index >= 15 is 0 Å². The SMILES string of the molecule is CCOc1ccc(C(=O)Oc2ccccc2C=NNC(=O)c2[nH]c3c(I)cccc3c2-c2ccccc2Cl)cc1OCC. The molecule has 1 aromatic heterocycles. The molecule has 5 aromatic rings. The largest absolute Gasteiger partial charge is 0.490 e. The fraction of sp³-hybridized carbons (Fsp3) is 0.121. The van der Waals surface area contributed by atoms with E-state index < -0.39 is 11.9 Å². The Hall–Kier alpha value is -4.35. The number of nitrogens with zero attached hydrogens (tertiary/aromatic N) is 1. The number of aromatic amines is 1. The highest BCUT2D eigenvalue weighted by atomic mass is 127. The number of carbonyl (C=O) groups excluding carboxylic acids is 2. The molecule has 0 aliphatic carbocycles. The normalized spacial score (nSPS) is 11.1. The molecular formula is C33H27ClIN3O5. The van der Waals surface area contributed by atoms with Gasteiger partial charge in [0.2, 0.25) is 0 Å². The van der Waals surface area contributed by atoms with Gasteiger partial charge in [-0.15, -0.1) is 0 Å². The van der Waals surface area contributed by atoms with Crippen LogP contribution in [0.1, 0.15) is 40.3 Å². The van der Waals surface area contributed by atoms with Crippen molar-refractivity contribution in [2.24, 2.45) is 5.10 Å². The Morgan fingerprint density at radius 1 is 0.907 bits per heavy atom. The lowest BCUT2D eigenvalue weighted by Gasteiger charge is -2.12. The number of hydrazone groups is 1. The average Bonchev–Trinajstić information content (AvgIpc) is 3.40. The molecule has 0 spiro atoms. The molecule has 0 saturated carbocycles. The van der Waals surface area contributed by atoms with Crippen molar-refractivity contribution < 1.29 is 23.8 Å². The number of para-hydroxylation sites is 2. The van der Waals surface area contributed by atoms with Crippen LogP contribution >= 0.6 is 34.2 Å². The maximum atomic E-state index is 13.4. The van der Waals surface area contributed by atoms with Crippen molar-refractivity contribution in [2.75, 3.05) is 13.2 Å². The summed E-state index contributed by atoms with van der Waals surface area (Å²) in [7, 11) is 0. The van der Waals surface area contributed by atoms with Gasteiger partial charge in [0.25, 0.3) is 5.91 Å². The molecule has 0 bridgehead atoms. The van der Waals surface area contributed by atoms with E-state index in [1.807, 2.05) is 50.2 Å². The maximum Gasteiger partial charge on any atom is 0.343 e. The quantitative estimate of drug-likeness (QED) is 0.0506. The molecular weight excluding hydrogens is 681 g/mol. The number of aromatic nitrogens is 1. The Morgan fingerprint density at radius 2 is 1.65 bits per heavy atom. The number of hydrogen-bond donors (Lipinski definition) is 2. The second-order valence-electron chi connectivity index (χ2n) is 9.17. The van der Waals surface area contributed by atoms with Gasteiger partial charge in [-0.1, -0.05) is 54.1 Å². The second-order valence-corrected chi connectivity index (χ2v) is 10.7. The van der Waals surface area contributed by atoms with E-state index in [0.717, 1.165) is 20.0 Å². The lowest BCUT2D eigenvalue weighted by Crippen LogP contribution is -2.19. The smallest absolute Gasteiger partial charge is 0.343 e. The van der Waals surface area contributed by atoms with Gasteiger partial charge < -0.3 is 19.2 Å². The number of rotatable bonds is 10. The molecule has 43 heavy (non-hydrogen) atoms. The lowest BCUT2D eigenvalue weighted by atomic mass is 10.0. The topological polar surface area (TPSA) is 102 Å². The number of esters is 1. The minimum atomic E-state index is -0.578. The molecule has 2 N–H and O–H groups in total. The van der Waals surface area contributed by atoms with Gasteiger partial charge in [-0.05, 0) is 78.9 Å². The number of benzene rings is 4. The predicted molar refractivity (Wildman–Crippen MR) is 177 cm³/mol. The summed E-state index contributed by atoms with van der Waals surface area (Å²) in [4.78, 5) is 29.7. The number of ether oxygens (including phenoxy) is 3. The Labute approximate surface area is 267 Å². The van der Waals surface area contributed by atoms with Crippen molar-refractivity contribution in [3.63, 3.8) is 0 Å². The summed E-state index contributed by atoms with van der Waals surface area (Å²) >= 11 is 8.76. The third-order valence-electron chi connectivity index (χ3n) is 6.42. The second kappa shape index (κ2) is 13.7. The Bertz CT molecular complexity index is 1840. The third kappa shape index (κ3) is 6.68. The highest BCUT2D eigenvalue weighted by Gasteiger charge is 2.22. The minimum absolute atomic E-state index is 0.272. The van der Waals surface area contributed by atoms with Crippen molar-refractivity contribution in [3.8, 4) is 28.4 Å². The third-order valence-corrected chi connectivity index (χ3v) is 7.65. The van der Waals surface area contributed by atoms with E-state index in [9.17, 15) is 9.59 Å². The number of carbonyl (C=O) groups is 2. The maximum absolute atomic E-state index is 13.4. The highest BCUT2D eigenvalue weighted by Crippen LogP contribution is 2.38. The van der Waals surface area contributed by atoms with E-state index in [4.69, 9.17) is 25.8 Å². The molecule has 0 radical (unpaired) electrons. The van der Waals surface area contributed by atoms with Crippen molar-refractivity contribution in [1.29, 1.82) is 0 Å². The van der Waals surface area contributed by atoms with Gasteiger partial charge in [-0.3, -0.25) is 4.79 Å². The number of amides is 1. The zero-order valence-electron chi connectivity index (χ0n) is 23.3. The zero-order valence-corrected chi connectivity index (χ0v) is 26.2. The van der Waals surface area contributed by atoms with Crippen molar-refractivity contribution in [2.45, 2.75) is 13.8 Å². The molecule has 1 heterocycles. The van der Waals surface area contributed by atoms with Crippen molar-refractivity contribution in [3.05, 3.63) is 110 Å². The zero-order chi connectivity index (χ0) is 30.3. The molecule has 218 valence electrons. The minimum Gasteiger partial charge on any atom is -0.490 e. The molecule has 5 rings (SSSR count). The van der Waals surface area contributed by atoms with Gasteiger partial charge in [0.15, 0.2) is 11.5 Å². The number of hydrogen-bond acceptors (Lipinski definition) is 6. The van der Waals surface area contributed by atoms with E-state index in [1.165, 1.54) is 6.21 Å². The number of H-pyrrole nitrogens is 1. The first-order valence-electron chi connectivity index (χ1n) is 13.5. The van der Waals surface area contributed by atoms with Gasteiger partial charge >= 0.3 is 5.97 Å². The van der Waals surface area contributed by atoms with Crippen LogP contribution in [0.2, 0.25) is 5.02 Å². The monoisotopic (exact) mass is 707 g/mol. The summed E-state index contributed by atoms with van der Waals surface area (Å²) in [6.45, 7) is 4.61. The van der Waals surface area contributed by atoms with E-state index in [0.29, 0.717) is 52.1 Å². The van der Waals surface area contributed by atoms with Crippen LogP contribution in [0.25, 0.3) is 22.0 Å². The van der Waals surface area contributed by atoms with E-state index in [-0.39, 0.29) is 5.75 Å². The molecule has 10 heteroatoms. The number of nitrogens with one attached hydrogen (secondary N) is 2. The van der Waals surface area contributed by atoms with Gasteiger partial charge in [-0.25, -0.2) is 10.2 Å². The van der Waals surface area contributed by atoms with Gasteiger partial charge in [0.05, 0.1) is 30.5 Å². The Balaban J connectivity index is 1.38. The molecule has 0 unspecified atom stereocenters. The van der Waals surface area contributed by atoms with Crippen LogP contribution in [0.4, 0.5) is 0 Å². The summed E-state index contributed by atoms with van der Waals surface area (Å²) in [5.74, 6) is 0.247. The first kappa shape index (κ1) is 30.1. The van der Waals surface area contributed by atoms with Gasteiger partial charge in [0, 0.05) is 30.7 Å². The summed E-state index contributed by atoms with van der Waals surface area (Å²) < 4.78 is 17.9. The predicted octanol–water partition coefficient (Wildman–Crippen LogP) is 7.87. The van der Waals surface area contributed by atoms with Crippen LogP contribution in [-0.2, 0) is 0 Å². The van der Waals surface area contributed by atoms with Crippen LogP contribution in [0.3, 0.4) is 0 Å². The van der Waals surface area contributed by atoms with Crippen LogP contribution in [-0.4, -0.2) is 36.3 Å². The van der Waals surface area contributed by atoms with Crippen molar-refractivity contribution in [1.82, 2.24) is 10.4 Å². The summed E-state index contributed by atoms with van der Waals surface area (Å²) in [6.07, 6.45) is 1.42. The average molecular weight is 708 g/mol. The fourth-order valence-electron chi connectivity index (χ4n) is 4.53. The molecule has 8 nitrogen and oxygen atoms in total. The summed E-state index contributed by atoms with van der Waals surface area (Å²) in [5.41, 5.74) is 5.94. The van der Waals surface area contributed by atoms with Crippen molar-refractivity contribution >= 4 is 63.2 Å². The molecule has 0 atom stereocenters. The van der Waals surface area contributed by atoms with E-state index in [1.54, 1.807) is 48.5 Å². The van der Waals surface area contributed by atoms with Gasteiger partial charge in [0.1, 0.15) is 11.4 Å². The number of halogens is 2. The van der Waals surface area contributed by atoms with Crippen LogP contribution in [0.15, 0.2) is 90.0 Å². The molecule has 0 saturated heterocycles. The summed E-state index contributed by atoms with van der Waals surface area (Å²) in [6, 6.07) is 25.0. The first-order valence-corrected chi connectivity index (χ1v) is 15.0. The molecule has 0 aliphatic heterocycles. The molecule has 4 aromatic carbocycles. The highest BCUT2D eigenvalue weighted by molar-refractivity contribution is 14.1. The Kier molecular flexibility index (Phi) is 9.63. The lowest BCUT2D eigenvalue weighted by molar-refractivity contribution is 0.0733. The van der Waals surface area contributed by atoms with E-state index in [2.05, 4.69) is 38.1 Å².